The summed E-state index contributed by atoms with van der Waals surface area (Å²) in [6.45, 7) is 4.94. The van der Waals surface area contributed by atoms with E-state index in [9.17, 15) is 9.59 Å². The molecular formula is C12H23N3O2. The molecule has 1 aliphatic rings. The maximum Gasteiger partial charge on any atom is 0.242 e. The molecule has 0 aliphatic carbocycles. The Labute approximate surface area is 103 Å². The summed E-state index contributed by atoms with van der Waals surface area (Å²) < 4.78 is 0. The first-order valence-electron chi connectivity index (χ1n) is 6.17. The van der Waals surface area contributed by atoms with E-state index >= 15 is 0 Å². The molecule has 0 aromatic carbocycles. The van der Waals surface area contributed by atoms with Gasteiger partial charge < -0.3 is 16.0 Å². The van der Waals surface area contributed by atoms with Gasteiger partial charge in [-0.3, -0.25) is 9.59 Å². The molecule has 1 unspecified atom stereocenters. The molecule has 1 aliphatic heterocycles. The highest BCUT2D eigenvalue weighted by Gasteiger charge is 2.39. The first-order valence-corrected chi connectivity index (χ1v) is 6.17. The van der Waals surface area contributed by atoms with Gasteiger partial charge in [0.15, 0.2) is 0 Å². The minimum Gasteiger partial charge on any atom is -0.357 e. The largest absolute Gasteiger partial charge is 0.357 e. The predicted molar refractivity (Wildman–Crippen MR) is 66.3 cm³/mol. The standard InChI is InChI=1S/C12H23N3O2/c1-12(2,6-7-13)11(17)15-8-4-5-9(15)10(16)14-3/h9H,4-8,13H2,1-3H3,(H,14,16). The van der Waals surface area contributed by atoms with Gasteiger partial charge >= 0.3 is 0 Å². The number of likely N-dealkylation sites (N-methyl/N-ethyl adjacent to an activating group) is 1. The van der Waals surface area contributed by atoms with Crippen LogP contribution in [0, 0.1) is 5.41 Å². The average Bonchev–Trinajstić information content (AvgIpc) is 2.75. The van der Waals surface area contributed by atoms with Gasteiger partial charge in [0.25, 0.3) is 0 Å². The van der Waals surface area contributed by atoms with Crippen molar-refractivity contribution in [2.75, 3.05) is 20.1 Å². The van der Waals surface area contributed by atoms with Gasteiger partial charge in [-0.05, 0) is 25.8 Å². The van der Waals surface area contributed by atoms with E-state index in [0.717, 1.165) is 12.8 Å². The molecule has 2 amide bonds. The van der Waals surface area contributed by atoms with E-state index in [2.05, 4.69) is 5.32 Å². The van der Waals surface area contributed by atoms with E-state index in [0.29, 0.717) is 19.5 Å². The summed E-state index contributed by atoms with van der Waals surface area (Å²) >= 11 is 0. The van der Waals surface area contributed by atoms with Crippen LogP contribution in [0.2, 0.25) is 0 Å². The van der Waals surface area contributed by atoms with Crippen LogP contribution in [0.5, 0.6) is 0 Å². The molecule has 1 saturated heterocycles. The molecule has 0 radical (unpaired) electrons. The van der Waals surface area contributed by atoms with Crippen molar-refractivity contribution in [3.8, 4) is 0 Å². The fourth-order valence-electron chi connectivity index (χ4n) is 2.31. The normalized spacial score (nSPS) is 20.5. The summed E-state index contributed by atoms with van der Waals surface area (Å²) in [5.74, 6) is -0.0338. The topological polar surface area (TPSA) is 75.4 Å². The number of likely N-dealkylation sites (tertiary alicyclic amines) is 1. The number of nitrogens with zero attached hydrogens (tertiary/aromatic N) is 1. The zero-order chi connectivity index (χ0) is 13.1. The smallest absolute Gasteiger partial charge is 0.242 e. The van der Waals surface area contributed by atoms with Gasteiger partial charge in [-0.2, -0.15) is 0 Å². The number of nitrogens with one attached hydrogen (secondary N) is 1. The number of carbonyl (C=O) groups is 2. The summed E-state index contributed by atoms with van der Waals surface area (Å²) in [6, 6.07) is -0.301. The maximum absolute atomic E-state index is 12.4. The van der Waals surface area contributed by atoms with E-state index in [4.69, 9.17) is 5.73 Å². The van der Waals surface area contributed by atoms with Crippen molar-refractivity contribution in [2.45, 2.75) is 39.2 Å². The van der Waals surface area contributed by atoms with E-state index in [1.54, 1.807) is 11.9 Å². The second-order valence-corrected chi connectivity index (χ2v) is 5.19. The lowest BCUT2D eigenvalue weighted by Gasteiger charge is -2.32. The Morgan fingerprint density at radius 2 is 2.12 bits per heavy atom. The lowest BCUT2D eigenvalue weighted by Crippen LogP contribution is -2.49. The van der Waals surface area contributed by atoms with Crippen molar-refractivity contribution in [2.24, 2.45) is 11.1 Å². The van der Waals surface area contributed by atoms with Crippen LogP contribution in [0.4, 0.5) is 0 Å². The second kappa shape index (κ2) is 5.49. The summed E-state index contributed by atoms with van der Waals surface area (Å²) in [4.78, 5) is 25.8. The lowest BCUT2D eigenvalue weighted by molar-refractivity contribution is -0.145. The predicted octanol–water partition coefficient (Wildman–Crippen LogP) is 0.0984. The molecule has 1 rings (SSSR count). The zero-order valence-electron chi connectivity index (χ0n) is 11.0. The number of hydrogen-bond acceptors (Lipinski definition) is 3. The summed E-state index contributed by atoms with van der Waals surface area (Å²) in [6.07, 6.45) is 2.29. The third-order valence-electron chi connectivity index (χ3n) is 3.41. The lowest BCUT2D eigenvalue weighted by atomic mass is 9.87. The Hall–Kier alpha value is -1.10. The molecule has 1 atom stereocenters. The molecule has 1 fully saturated rings. The van der Waals surface area contributed by atoms with Gasteiger partial charge in [-0.1, -0.05) is 13.8 Å². The molecule has 0 aromatic rings. The fraction of sp³-hybridized carbons (Fsp3) is 0.833. The van der Waals surface area contributed by atoms with Crippen molar-refractivity contribution < 1.29 is 9.59 Å². The van der Waals surface area contributed by atoms with Gasteiger partial charge in [0, 0.05) is 19.0 Å². The monoisotopic (exact) mass is 241 g/mol. The maximum atomic E-state index is 12.4. The Kier molecular flexibility index (Phi) is 4.51. The van der Waals surface area contributed by atoms with E-state index in [1.165, 1.54) is 0 Å². The Bertz CT molecular complexity index is 302. The number of rotatable bonds is 4. The van der Waals surface area contributed by atoms with Crippen LogP contribution in [0.25, 0.3) is 0 Å². The summed E-state index contributed by atoms with van der Waals surface area (Å²) in [7, 11) is 1.61. The van der Waals surface area contributed by atoms with Gasteiger partial charge in [0.05, 0.1) is 0 Å². The third-order valence-corrected chi connectivity index (χ3v) is 3.41. The Morgan fingerprint density at radius 3 is 2.65 bits per heavy atom. The van der Waals surface area contributed by atoms with Crippen LogP contribution >= 0.6 is 0 Å². The van der Waals surface area contributed by atoms with E-state index < -0.39 is 5.41 Å². The average molecular weight is 241 g/mol. The Balaban J connectivity index is 2.77. The van der Waals surface area contributed by atoms with Crippen molar-refractivity contribution in [1.29, 1.82) is 0 Å². The highest BCUT2D eigenvalue weighted by molar-refractivity contribution is 5.90. The second-order valence-electron chi connectivity index (χ2n) is 5.19. The summed E-state index contributed by atoms with van der Waals surface area (Å²) in [5, 5.41) is 2.62. The first kappa shape index (κ1) is 14.0. The quantitative estimate of drug-likeness (QED) is 0.733. The molecule has 5 heteroatoms. The van der Waals surface area contributed by atoms with Crippen molar-refractivity contribution in [3.63, 3.8) is 0 Å². The third kappa shape index (κ3) is 2.97. The van der Waals surface area contributed by atoms with E-state index in [1.807, 2.05) is 13.8 Å². The molecule has 1 heterocycles. The Morgan fingerprint density at radius 1 is 1.47 bits per heavy atom. The first-order chi connectivity index (χ1) is 7.94. The summed E-state index contributed by atoms with van der Waals surface area (Å²) in [5.41, 5.74) is 5.04. The molecule has 0 aromatic heterocycles. The molecule has 0 bridgehead atoms. The van der Waals surface area contributed by atoms with Crippen LogP contribution < -0.4 is 11.1 Å². The van der Waals surface area contributed by atoms with Crippen LogP contribution in [-0.4, -0.2) is 42.9 Å². The number of nitrogens with two attached hydrogens (primary N) is 1. The van der Waals surface area contributed by atoms with Crippen LogP contribution in [0.1, 0.15) is 33.1 Å². The molecule has 5 nitrogen and oxygen atoms in total. The molecule has 98 valence electrons. The van der Waals surface area contributed by atoms with Gasteiger partial charge in [-0.25, -0.2) is 0 Å². The molecule has 0 saturated carbocycles. The van der Waals surface area contributed by atoms with Gasteiger partial charge in [0.2, 0.25) is 11.8 Å². The number of amides is 2. The molecule has 0 spiro atoms. The zero-order valence-corrected chi connectivity index (χ0v) is 11.0. The van der Waals surface area contributed by atoms with Crippen LogP contribution in [0.3, 0.4) is 0 Å². The van der Waals surface area contributed by atoms with Crippen LogP contribution in [0.15, 0.2) is 0 Å². The fourth-order valence-corrected chi connectivity index (χ4v) is 2.31. The van der Waals surface area contributed by atoms with Gasteiger partial charge in [-0.15, -0.1) is 0 Å². The van der Waals surface area contributed by atoms with Crippen LogP contribution in [-0.2, 0) is 9.59 Å². The van der Waals surface area contributed by atoms with Gasteiger partial charge in [0.1, 0.15) is 6.04 Å². The van der Waals surface area contributed by atoms with E-state index in [-0.39, 0.29) is 17.9 Å². The van der Waals surface area contributed by atoms with Crippen molar-refractivity contribution in [3.05, 3.63) is 0 Å². The van der Waals surface area contributed by atoms with Crippen molar-refractivity contribution >= 4 is 11.8 Å². The van der Waals surface area contributed by atoms with Crippen molar-refractivity contribution in [1.82, 2.24) is 10.2 Å². The highest BCUT2D eigenvalue weighted by Crippen LogP contribution is 2.28. The minimum absolute atomic E-state index is 0.0362. The molecule has 3 N–H and O–H groups in total. The molecule has 17 heavy (non-hydrogen) atoms. The molecular weight excluding hydrogens is 218 g/mol. The number of carbonyl (C=O) groups excluding carboxylic acids is 2. The highest BCUT2D eigenvalue weighted by atomic mass is 16.2. The minimum atomic E-state index is -0.481. The number of hydrogen-bond donors (Lipinski definition) is 2. The SMILES string of the molecule is CNC(=O)C1CCCN1C(=O)C(C)(C)CCN.